The first-order valence-corrected chi connectivity index (χ1v) is 11.7. The van der Waals surface area contributed by atoms with Crippen molar-refractivity contribution >= 4 is 23.6 Å². The summed E-state index contributed by atoms with van der Waals surface area (Å²) >= 11 is 0. The minimum Gasteiger partial charge on any atom is -0.356 e. The van der Waals surface area contributed by atoms with Crippen molar-refractivity contribution in [2.45, 2.75) is 71.8 Å². The van der Waals surface area contributed by atoms with E-state index in [2.05, 4.69) is 10.6 Å². The van der Waals surface area contributed by atoms with Crippen LogP contribution in [0.15, 0.2) is 0 Å². The highest BCUT2D eigenvalue weighted by molar-refractivity contribution is 5.95. The molecular formula is C23H32F3N5O4. The summed E-state index contributed by atoms with van der Waals surface area (Å²) in [5.74, 6) is -4.46. The van der Waals surface area contributed by atoms with E-state index >= 15 is 0 Å². The van der Waals surface area contributed by atoms with E-state index in [1.807, 2.05) is 19.9 Å². The van der Waals surface area contributed by atoms with Crippen LogP contribution < -0.4 is 16.0 Å². The largest absolute Gasteiger partial charge is 0.471 e. The van der Waals surface area contributed by atoms with Gasteiger partial charge in [0.05, 0.1) is 6.07 Å². The van der Waals surface area contributed by atoms with E-state index in [9.17, 15) is 37.6 Å². The Balaban J connectivity index is 1.81. The molecule has 0 aromatic rings. The summed E-state index contributed by atoms with van der Waals surface area (Å²) in [5.41, 5.74) is -1.33. The van der Waals surface area contributed by atoms with Crippen molar-refractivity contribution in [3.8, 4) is 6.07 Å². The third-order valence-corrected chi connectivity index (χ3v) is 7.56. The Morgan fingerprint density at radius 3 is 2.34 bits per heavy atom. The lowest BCUT2D eigenvalue weighted by Gasteiger charge is -2.37. The summed E-state index contributed by atoms with van der Waals surface area (Å²) in [6.45, 7) is 9.13. The minimum absolute atomic E-state index is 0.0396. The van der Waals surface area contributed by atoms with Gasteiger partial charge in [0.1, 0.15) is 18.1 Å². The molecule has 2 heterocycles. The molecule has 3 fully saturated rings. The molecule has 0 aromatic heterocycles. The number of nitrogens with one attached hydrogen (secondary N) is 3. The normalized spacial score (nSPS) is 28.9. The number of nitrogens with zero attached hydrogens (tertiary/aromatic N) is 2. The fourth-order valence-electron chi connectivity index (χ4n) is 5.40. The van der Waals surface area contributed by atoms with Crippen molar-refractivity contribution in [2.75, 3.05) is 13.1 Å². The van der Waals surface area contributed by atoms with Gasteiger partial charge in [0.25, 0.3) is 0 Å². The maximum absolute atomic E-state index is 13.5. The van der Waals surface area contributed by atoms with Gasteiger partial charge in [-0.15, -0.1) is 0 Å². The lowest BCUT2D eigenvalue weighted by molar-refractivity contribution is -0.176. The average Bonchev–Trinajstić information content (AvgIpc) is 3.10. The maximum atomic E-state index is 13.5. The fraction of sp³-hybridized carbons (Fsp3) is 0.783. The Hall–Kier alpha value is -2.84. The van der Waals surface area contributed by atoms with Crippen molar-refractivity contribution in [3.05, 3.63) is 0 Å². The minimum atomic E-state index is -5.16. The van der Waals surface area contributed by atoms with E-state index < -0.39 is 53.4 Å². The third-order valence-electron chi connectivity index (χ3n) is 7.56. The van der Waals surface area contributed by atoms with Crippen LogP contribution in [-0.2, 0) is 19.2 Å². The second-order valence-electron chi connectivity index (χ2n) is 11.4. The molecule has 0 unspecified atom stereocenters. The summed E-state index contributed by atoms with van der Waals surface area (Å²) in [4.78, 5) is 51.6. The quantitative estimate of drug-likeness (QED) is 0.504. The average molecular weight is 500 g/mol. The number of fused-ring (bicyclic) bond motifs is 1. The van der Waals surface area contributed by atoms with Crippen LogP contribution in [0.3, 0.4) is 0 Å². The molecule has 6 atom stereocenters. The molecule has 194 valence electrons. The van der Waals surface area contributed by atoms with Crippen LogP contribution >= 0.6 is 0 Å². The topological polar surface area (TPSA) is 131 Å². The van der Waals surface area contributed by atoms with Gasteiger partial charge >= 0.3 is 12.1 Å². The lowest BCUT2D eigenvalue weighted by Crippen LogP contribution is -2.61. The molecule has 2 aliphatic heterocycles. The summed E-state index contributed by atoms with van der Waals surface area (Å²) in [5, 5.41) is 16.7. The summed E-state index contributed by atoms with van der Waals surface area (Å²) in [6.07, 6.45) is -4.49. The third kappa shape index (κ3) is 5.23. The number of rotatable bonds is 6. The molecule has 35 heavy (non-hydrogen) atoms. The van der Waals surface area contributed by atoms with Crippen LogP contribution in [0.4, 0.5) is 13.2 Å². The van der Waals surface area contributed by atoms with Gasteiger partial charge in [-0.05, 0) is 35.5 Å². The number of hydrogen-bond acceptors (Lipinski definition) is 5. The van der Waals surface area contributed by atoms with Gasteiger partial charge in [-0.1, -0.05) is 34.6 Å². The van der Waals surface area contributed by atoms with Gasteiger partial charge in [0, 0.05) is 19.0 Å². The molecule has 1 saturated carbocycles. The first-order valence-electron chi connectivity index (χ1n) is 11.7. The Labute approximate surface area is 202 Å². The monoisotopic (exact) mass is 499 g/mol. The van der Waals surface area contributed by atoms with E-state index in [0.29, 0.717) is 13.0 Å². The summed E-state index contributed by atoms with van der Waals surface area (Å²) < 4.78 is 38.8. The zero-order valence-corrected chi connectivity index (χ0v) is 20.5. The standard InChI is InChI=1S/C23H32F3N5O4/c1-21(2,3)16(30-20(35)23(24,25)26)19(34)31-10-13-14(22(13,4)5)15(31)18(33)29-12(9-27)8-11-6-7-28-17(11)32/h11-16H,6-8,10H2,1-5H3,(H,28,32)(H,29,33)(H,30,35)/t11-,12-,13-,14+,15-,16+/m0/s1. The van der Waals surface area contributed by atoms with Crippen molar-refractivity contribution in [1.82, 2.24) is 20.9 Å². The molecule has 3 aliphatic rings. The molecule has 1 aliphatic carbocycles. The highest BCUT2D eigenvalue weighted by atomic mass is 19.4. The number of amides is 4. The van der Waals surface area contributed by atoms with Crippen LogP contribution in [0.2, 0.25) is 0 Å². The molecule has 0 radical (unpaired) electrons. The predicted molar refractivity (Wildman–Crippen MR) is 117 cm³/mol. The fourth-order valence-corrected chi connectivity index (χ4v) is 5.40. The van der Waals surface area contributed by atoms with Gasteiger partial charge in [-0.3, -0.25) is 19.2 Å². The van der Waals surface area contributed by atoms with E-state index in [-0.39, 0.29) is 36.1 Å². The second kappa shape index (κ2) is 8.99. The van der Waals surface area contributed by atoms with Gasteiger partial charge < -0.3 is 20.9 Å². The first-order chi connectivity index (χ1) is 16.0. The number of carbonyl (C=O) groups excluding carboxylic acids is 4. The highest BCUT2D eigenvalue weighted by Crippen LogP contribution is 2.65. The summed E-state index contributed by atoms with van der Waals surface area (Å²) in [7, 11) is 0. The second-order valence-corrected chi connectivity index (χ2v) is 11.4. The lowest BCUT2D eigenvalue weighted by atomic mass is 9.85. The van der Waals surface area contributed by atoms with E-state index in [4.69, 9.17) is 0 Å². The van der Waals surface area contributed by atoms with Gasteiger partial charge in [-0.25, -0.2) is 0 Å². The van der Waals surface area contributed by atoms with Gasteiger partial charge in [-0.2, -0.15) is 18.4 Å². The number of halogens is 3. The molecule has 0 aromatic carbocycles. The van der Waals surface area contributed by atoms with Crippen LogP contribution in [0.1, 0.15) is 47.5 Å². The van der Waals surface area contributed by atoms with Crippen molar-refractivity contribution < 1.29 is 32.3 Å². The van der Waals surface area contributed by atoms with E-state index in [1.54, 1.807) is 5.32 Å². The highest BCUT2D eigenvalue weighted by Gasteiger charge is 2.70. The zero-order chi connectivity index (χ0) is 26.5. The zero-order valence-electron chi connectivity index (χ0n) is 20.5. The summed E-state index contributed by atoms with van der Waals surface area (Å²) in [6, 6.07) is -1.48. The number of likely N-dealkylation sites (tertiary alicyclic amines) is 1. The Morgan fingerprint density at radius 1 is 1.23 bits per heavy atom. The predicted octanol–water partition coefficient (Wildman–Crippen LogP) is 1.10. The number of hydrogen-bond donors (Lipinski definition) is 3. The maximum Gasteiger partial charge on any atom is 0.471 e. The molecule has 0 spiro atoms. The Bertz CT molecular complexity index is 952. The van der Waals surface area contributed by atoms with Crippen molar-refractivity contribution in [3.63, 3.8) is 0 Å². The number of piperidine rings is 1. The van der Waals surface area contributed by atoms with Crippen LogP contribution in [0, 0.1) is 39.9 Å². The van der Waals surface area contributed by atoms with Crippen molar-refractivity contribution in [2.24, 2.45) is 28.6 Å². The molecular weight excluding hydrogens is 467 g/mol. The first kappa shape index (κ1) is 26.8. The van der Waals surface area contributed by atoms with E-state index in [1.165, 1.54) is 25.7 Å². The Kier molecular flexibility index (Phi) is 6.87. The van der Waals surface area contributed by atoms with Crippen LogP contribution in [0.25, 0.3) is 0 Å². The SMILES string of the molecule is CC(C)(C)[C@H](NC(=O)C(F)(F)F)C(=O)N1C[C@H]2[C@H]([C@H]1C(=O)N[C@H](C#N)C[C@@H]1CCNC1=O)C2(C)C. The molecule has 12 heteroatoms. The van der Waals surface area contributed by atoms with Gasteiger partial charge in [0.2, 0.25) is 17.7 Å². The molecule has 0 bridgehead atoms. The molecule has 2 saturated heterocycles. The molecule has 3 rings (SSSR count). The Morgan fingerprint density at radius 2 is 1.86 bits per heavy atom. The molecule has 3 N–H and O–H groups in total. The van der Waals surface area contributed by atoms with E-state index in [0.717, 1.165) is 0 Å². The number of nitriles is 1. The van der Waals surface area contributed by atoms with Gasteiger partial charge in [0.15, 0.2) is 0 Å². The van der Waals surface area contributed by atoms with Crippen molar-refractivity contribution in [1.29, 1.82) is 5.26 Å². The molecule has 4 amide bonds. The van der Waals surface area contributed by atoms with Crippen LogP contribution in [0.5, 0.6) is 0 Å². The van der Waals surface area contributed by atoms with Crippen LogP contribution in [-0.4, -0.2) is 65.9 Å². The number of alkyl halides is 3. The molecule has 9 nitrogen and oxygen atoms in total. The number of carbonyl (C=O) groups is 4. The smallest absolute Gasteiger partial charge is 0.356 e.